The van der Waals surface area contributed by atoms with Gasteiger partial charge in [-0.1, -0.05) is 11.6 Å². The molecule has 0 spiro atoms. The Morgan fingerprint density at radius 1 is 1.30 bits per heavy atom. The fourth-order valence-electron chi connectivity index (χ4n) is 1.58. The van der Waals surface area contributed by atoms with Gasteiger partial charge in [0.05, 0.1) is 6.10 Å². The van der Waals surface area contributed by atoms with Gasteiger partial charge in [0.2, 0.25) is 0 Å². The third-order valence-corrected chi connectivity index (χ3v) is 2.70. The number of nitrogens with zero attached hydrogens (tertiary/aromatic N) is 2. The zero-order valence-corrected chi connectivity index (χ0v) is 13.2. The highest BCUT2D eigenvalue weighted by Gasteiger charge is 2.03. The van der Waals surface area contributed by atoms with Crippen LogP contribution in [-0.4, -0.2) is 35.8 Å². The number of hydrogen-bond donors (Lipinski definition) is 1. The minimum absolute atomic E-state index is 0.296. The molecule has 0 radical (unpaired) electrons. The zero-order chi connectivity index (χ0) is 14.8. The van der Waals surface area contributed by atoms with E-state index in [9.17, 15) is 0 Å². The number of unbranched alkanes of at least 4 members (excludes halogenated alkanes) is 1. The molecule has 0 aliphatic carbocycles. The van der Waals surface area contributed by atoms with E-state index < -0.39 is 0 Å². The largest absolute Gasteiger partial charge is 0.379 e. The minimum Gasteiger partial charge on any atom is -0.379 e. The highest BCUT2D eigenvalue weighted by molar-refractivity contribution is 6.29. The van der Waals surface area contributed by atoms with Crippen LogP contribution in [0.1, 0.15) is 39.4 Å². The van der Waals surface area contributed by atoms with Gasteiger partial charge in [-0.05, 0) is 33.6 Å². The van der Waals surface area contributed by atoms with Gasteiger partial charge in [-0.25, -0.2) is 9.97 Å². The summed E-state index contributed by atoms with van der Waals surface area (Å²) in [6.07, 6.45) is 2.34. The molecule has 5 nitrogen and oxygen atoms in total. The van der Waals surface area contributed by atoms with Crippen molar-refractivity contribution in [3.63, 3.8) is 0 Å². The van der Waals surface area contributed by atoms with E-state index in [-0.39, 0.29) is 0 Å². The predicted molar refractivity (Wildman–Crippen MR) is 81.2 cm³/mol. The lowest BCUT2D eigenvalue weighted by Crippen LogP contribution is -2.09. The molecule has 20 heavy (non-hydrogen) atoms. The van der Waals surface area contributed by atoms with Crippen LogP contribution in [0.3, 0.4) is 0 Å². The number of anilines is 1. The summed E-state index contributed by atoms with van der Waals surface area (Å²) in [5, 5.41) is 3.67. The number of rotatable bonds is 10. The third kappa shape index (κ3) is 7.62. The van der Waals surface area contributed by atoms with Gasteiger partial charge in [-0.15, -0.1) is 0 Å². The summed E-state index contributed by atoms with van der Waals surface area (Å²) in [7, 11) is 0. The van der Waals surface area contributed by atoms with Crippen molar-refractivity contribution in [2.75, 3.05) is 25.1 Å². The smallest absolute Gasteiger partial charge is 0.158 e. The number of aromatic nitrogens is 2. The number of hydrogen-bond acceptors (Lipinski definition) is 5. The van der Waals surface area contributed by atoms with Gasteiger partial charge in [-0.3, -0.25) is 0 Å². The molecule has 0 bridgehead atoms. The Balaban J connectivity index is 2.30. The van der Waals surface area contributed by atoms with E-state index in [0.29, 0.717) is 30.3 Å². The van der Waals surface area contributed by atoms with Crippen molar-refractivity contribution in [3.8, 4) is 0 Å². The van der Waals surface area contributed by atoms with Gasteiger partial charge in [0.25, 0.3) is 0 Å². The summed E-state index contributed by atoms with van der Waals surface area (Å²) in [5.74, 6) is 1.34. The molecular formula is C14H24ClN3O2. The monoisotopic (exact) mass is 301 g/mol. The Hall–Kier alpha value is -0.910. The molecule has 0 aromatic carbocycles. The van der Waals surface area contributed by atoms with Crippen LogP contribution in [0.15, 0.2) is 6.07 Å². The van der Waals surface area contributed by atoms with E-state index in [0.717, 1.165) is 31.8 Å². The van der Waals surface area contributed by atoms with Crippen molar-refractivity contribution < 1.29 is 9.47 Å². The first-order chi connectivity index (χ1) is 9.61. The van der Waals surface area contributed by atoms with Gasteiger partial charge < -0.3 is 14.8 Å². The Morgan fingerprint density at radius 3 is 2.80 bits per heavy atom. The predicted octanol–water partition coefficient (Wildman–Crippen LogP) is 3.28. The fourth-order valence-corrected chi connectivity index (χ4v) is 1.78. The lowest BCUT2D eigenvalue weighted by molar-refractivity contribution is 0.0765. The molecule has 0 amide bonds. The Morgan fingerprint density at radius 2 is 2.10 bits per heavy atom. The molecule has 0 unspecified atom stereocenters. The second-order valence-electron chi connectivity index (χ2n) is 4.68. The number of nitrogens with one attached hydrogen (secondary N) is 1. The second-order valence-corrected chi connectivity index (χ2v) is 5.07. The average Bonchev–Trinajstić information content (AvgIpc) is 2.39. The molecule has 0 aliphatic heterocycles. The van der Waals surface area contributed by atoms with Crippen molar-refractivity contribution >= 4 is 17.4 Å². The van der Waals surface area contributed by atoms with Crippen LogP contribution in [-0.2, 0) is 16.1 Å². The minimum atomic E-state index is 0.296. The van der Waals surface area contributed by atoms with Crippen LogP contribution in [0.4, 0.5) is 5.82 Å². The molecule has 114 valence electrons. The summed E-state index contributed by atoms with van der Waals surface area (Å²) in [6.45, 7) is 8.66. The van der Waals surface area contributed by atoms with Gasteiger partial charge in [0, 0.05) is 25.8 Å². The van der Waals surface area contributed by atoms with E-state index >= 15 is 0 Å². The summed E-state index contributed by atoms with van der Waals surface area (Å²) in [5.41, 5.74) is 0. The van der Waals surface area contributed by atoms with Crippen molar-refractivity contribution in [2.45, 2.75) is 46.3 Å². The molecule has 6 heteroatoms. The average molecular weight is 302 g/mol. The third-order valence-electron chi connectivity index (χ3n) is 2.50. The van der Waals surface area contributed by atoms with Crippen molar-refractivity contribution in [1.82, 2.24) is 9.97 Å². The van der Waals surface area contributed by atoms with Gasteiger partial charge in [0.1, 0.15) is 17.6 Å². The second kappa shape index (κ2) is 9.91. The number of halogens is 1. The fraction of sp³-hybridized carbons (Fsp3) is 0.714. The zero-order valence-electron chi connectivity index (χ0n) is 12.5. The molecule has 1 aromatic heterocycles. The molecule has 0 fully saturated rings. The van der Waals surface area contributed by atoms with Crippen molar-refractivity contribution in [1.29, 1.82) is 0 Å². The lowest BCUT2D eigenvalue weighted by atomic mass is 10.3. The molecule has 0 aliphatic rings. The van der Waals surface area contributed by atoms with Crippen LogP contribution in [0.25, 0.3) is 0 Å². The summed E-state index contributed by atoms with van der Waals surface area (Å²) >= 11 is 5.96. The molecule has 1 rings (SSSR count). The van der Waals surface area contributed by atoms with Gasteiger partial charge >= 0.3 is 0 Å². The van der Waals surface area contributed by atoms with Crippen LogP contribution in [0, 0.1) is 0 Å². The van der Waals surface area contributed by atoms with Crippen LogP contribution in [0.2, 0.25) is 5.15 Å². The molecule has 0 atom stereocenters. The maximum absolute atomic E-state index is 5.96. The Labute approximate surface area is 126 Å². The first-order valence-corrected chi connectivity index (χ1v) is 7.46. The molecule has 1 aromatic rings. The van der Waals surface area contributed by atoms with E-state index in [1.54, 1.807) is 6.07 Å². The normalized spacial score (nSPS) is 11.1. The molecule has 0 saturated carbocycles. The summed E-state index contributed by atoms with van der Waals surface area (Å²) < 4.78 is 10.8. The Kier molecular flexibility index (Phi) is 8.49. The van der Waals surface area contributed by atoms with Crippen LogP contribution in [0.5, 0.6) is 0 Å². The van der Waals surface area contributed by atoms with Crippen molar-refractivity contribution in [3.05, 3.63) is 17.0 Å². The van der Waals surface area contributed by atoms with E-state index in [4.69, 9.17) is 21.1 Å². The van der Waals surface area contributed by atoms with Crippen LogP contribution >= 0.6 is 11.6 Å². The lowest BCUT2D eigenvalue weighted by Gasteiger charge is -2.09. The quantitative estimate of drug-likeness (QED) is 0.531. The van der Waals surface area contributed by atoms with Gasteiger partial charge in [-0.2, -0.15) is 0 Å². The molecule has 1 N–H and O–H groups in total. The highest BCUT2D eigenvalue weighted by Crippen LogP contribution is 2.12. The highest BCUT2D eigenvalue weighted by atomic mass is 35.5. The maximum Gasteiger partial charge on any atom is 0.158 e. The topological polar surface area (TPSA) is 56.3 Å². The first kappa shape index (κ1) is 17.1. The standard InChI is InChI=1S/C14H24ClN3O2/c1-4-19-10-14-17-12(15)9-13(18-14)16-7-5-6-8-20-11(2)3/h9,11H,4-8,10H2,1-3H3,(H,16,17,18). The van der Waals surface area contributed by atoms with E-state index in [2.05, 4.69) is 15.3 Å². The SMILES string of the molecule is CCOCc1nc(Cl)cc(NCCCCOC(C)C)n1. The molecule has 1 heterocycles. The van der Waals surface area contributed by atoms with Crippen LogP contribution < -0.4 is 5.32 Å². The van der Waals surface area contributed by atoms with Crippen molar-refractivity contribution in [2.24, 2.45) is 0 Å². The van der Waals surface area contributed by atoms with E-state index in [1.807, 2.05) is 20.8 Å². The van der Waals surface area contributed by atoms with Gasteiger partial charge in [0.15, 0.2) is 5.82 Å². The molecular weight excluding hydrogens is 278 g/mol. The summed E-state index contributed by atoms with van der Waals surface area (Å²) in [6, 6.07) is 1.72. The maximum atomic E-state index is 5.96. The Bertz CT molecular complexity index is 389. The van der Waals surface area contributed by atoms with E-state index in [1.165, 1.54) is 0 Å². The summed E-state index contributed by atoms with van der Waals surface area (Å²) in [4.78, 5) is 8.47. The first-order valence-electron chi connectivity index (χ1n) is 7.08. The number of ether oxygens (including phenoxy) is 2. The molecule has 0 saturated heterocycles.